The van der Waals surface area contributed by atoms with Crippen molar-refractivity contribution in [2.45, 2.75) is 25.3 Å². The monoisotopic (exact) mass is 289 g/mol. The Morgan fingerprint density at radius 1 is 1.38 bits per heavy atom. The molecule has 1 aromatic carbocycles. The summed E-state index contributed by atoms with van der Waals surface area (Å²) in [5.74, 6) is -0.478. The zero-order valence-corrected chi connectivity index (χ0v) is 12.2. The van der Waals surface area contributed by atoms with Crippen LogP contribution in [0.5, 0.6) is 0 Å². The summed E-state index contributed by atoms with van der Waals surface area (Å²) in [6.45, 7) is 1.52. The average molecular weight is 289 g/mol. The van der Waals surface area contributed by atoms with Gasteiger partial charge in [-0.1, -0.05) is 30.3 Å². The molecular weight excluding hydrogens is 270 g/mol. The standard InChI is InChI=1S/C15H19N3O3/c1-15(10-19,11-6-4-3-5-7-11)16-14(21)12-8-9-13(20)18(2)17-12/h3-7,19H,8-10H2,1-2H3,(H,16,21). The number of nitrogens with zero attached hydrogens (tertiary/aromatic N) is 2. The van der Waals surface area contributed by atoms with Gasteiger partial charge in [0.25, 0.3) is 5.91 Å². The number of carbonyl (C=O) groups is 2. The van der Waals surface area contributed by atoms with Gasteiger partial charge in [-0.05, 0) is 12.5 Å². The van der Waals surface area contributed by atoms with E-state index in [4.69, 9.17) is 0 Å². The minimum atomic E-state index is -0.888. The van der Waals surface area contributed by atoms with Crippen molar-refractivity contribution in [1.29, 1.82) is 0 Å². The lowest BCUT2D eigenvalue weighted by atomic mass is 9.92. The summed E-state index contributed by atoms with van der Waals surface area (Å²) in [7, 11) is 1.53. The maximum absolute atomic E-state index is 12.3. The Morgan fingerprint density at radius 2 is 2.05 bits per heavy atom. The van der Waals surface area contributed by atoms with Crippen LogP contribution in [0.2, 0.25) is 0 Å². The van der Waals surface area contributed by atoms with Gasteiger partial charge < -0.3 is 10.4 Å². The van der Waals surface area contributed by atoms with Crippen LogP contribution in [-0.4, -0.2) is 41.3 Å². The van der Waals surface area contributed by atoms with E-state index in [0.717, 1.165) is 5.56 Å². The highest BCUT2D eigenvalue weighted by molar-refractivity contribution is 6.39. The van der Waals surface area contributed by atoms with Crippen LogP contribution in [0, 0.1) is 0 Å². The van der Waals surface area contributed by atoms with E-state index in [1.54, 1.807) is 6.92 Å². The molecule has 112 valence electrons. The first-order chi connectivity index (χ1) is 9.96. The molecule has 0 aliphatic carbocycles. The van der Waals surface area contributed by atoms with Gasteiger partial charge in [0.1, 0.15) is 5.71 Å². The third-order valence-corrected chi connectivity index (χ3v) is 3.59. The SMILES string of the molecule is CN1N=C(C(=O)NC(C)(CO)c2ccccc2)CCC1=O. The number of rotatable bonds is 4. The van der Waals surface area contributed by atoms with Gasteiger partial charge >= 0.3 is 0 Å². The van der Waals surface area contributed by atoms with Gasteiger partial charge in [-0.2, -0.15) is 5.10 Å². The highest BCUT2D eigenvalue weighted by Crippen LogP contribution is 2.20. The van der Waals surface area contributed by atoms with E-state index in [0.29, 0.717) is 12.1 Å². The predicted molar refractivity (Wildman–Crippen MR) is 78.5 cm³/mol. The fraction of sp³-hybridized carbons (Fsp3) is 0.400. The molecule has 0 saturated heterocycles. The zero-order valence-electron chi connectivity index (χ0n) is 12.2. The zero-order chi connectivity index (χ0) is 15.5. The number of aliphatic hydroxyl groups excluding tert-OH is 1. The fourth-order valence-corrected chi connectivity index (χ4v) is 2.16. The van der Waals surface area contributed by atoms with E-state index < -0.39 is 5.54 Å². The van der Waals surface area contributed by atoms with Crippen LogP contribution in [0.3, 0.4) is 0 Å². The van der Waals surface area contributed by atoms with Crippen LogP contribution in [-0.2, 0) is 15.1 Å². The smallest absolute Gasteiger partial charge is 0.268 e. The molecule has 0 aromatic heterocycles. The Labute approximate surface area is 123 Å². The molecule has 6 nitrogen and oxygen atoms in total. The first kappa shape index (κ1) is 15.2. The van der Waals surface area contributed by atoms with Crippen LogP contribution < -0.4 is 5.32 Å². The van der Waals surface area contributed by atoms with E-state index >= 15 is 0 Å². The van der Waals surface area contributed by atoms with Crippen LogP contribution in [0.25, 0.3) is 0 Å². The summed E-state index contributed by atoms with van der Waals surface area (Å²) in [6.07, 6.45) is 0.579. The van der Waals surface area contributed by atoms with E-state index in [1.807, 2.05) is 30.3 Å². The van der Waals surface area contributed by atoms with Crippen LogP contribution in [0.4, 0.5) is 0 Å². The van der Waals surface area contributed by atoms with Gasteiger partial charge in [-0.3, -0.25) is 9.59 Å². The van der Waals surface area contributed by atoms with Gasteiger partial charge in [-0.25, -0.2) is 5.01 Å². The number of carbonyl (C=O) groups excluding carboxylic acids is 2. The summed E-state index contributed by atoms with van der Waals surface area (Å²) in [4.78, 5) is 23.7. The third kappa shape index (κ3) is 3.28. The molecule has 0 bridgehead atoms. The van der Waals surface area contributed by atoms with Crippen molar-refractivity contribution >= 4 is 17.5 Å². The van der Waals surface area contributed by atoms with Crippen molar-refractivity contribution in [3.05, 3.63) is 35.9 Å². The van der Waals surface area contributed by atoms with Gasteiger partial charge in [0.2, 0.25) is 5.91 Å². The van der Waals surface area contributed by atoms with Gasteiger partial charge in [-0.15, -0.1) is 0 Å². The molecule has 2 amide bonds. The molecule has 0 saturated carbocycles. The molecule has 0 radical (unpaired) electrons. The number of hydrogen-bond donors (Lipinski definition) is 2. The topological polar surface area (TPSA) is 82.0 Å². The van der Waals surface area contributed by atoms with Crippen LogP contribution >= 0.6 is 0 Å². The number of nitrogens with one attached hydrogen (secondary N) is 1. The summed E-state index contributed by atoms with van der Waals surface area (Å²) in [6, 6.07) is 9.25. The average Bonchev–Trinajstić information content (AvgIpc) is 2.50. The van der Waals surface area contributed by atoms with Gasteiger partial charge in [0.05, 0.1) is 12.1 Å². The normalized spacial score (nSPS) is 18.0. The van der Waals surface area contributed by atoms with Crippen molar-refractivity contribution in [2.75, 3.05) is 13.7 Å². The van der Waals surface area contributed by atoms with Crippen molar-refractivity contribution in [1.82, 2.24) is 10.3 Å². The number of amides is 2. The molecule has 0 fully saturated rings. The lowest BCUT2D eigenvalue weighted by Gasteiger charge is -2.30. The summed E-state index contributed by atoms with van der Waals surface area (Å²) in [5, 5.41) is 17.6. The Balaban J connectivity index is 2.17. The second-order valence-corrected chi connectivity index (χ2v) is 5.27. The van der Waals surface area contributed by atoms with Crippen LogP contribution in [0.15, 0.2) is 35.4 Å². The van der Waals surface area contributed by atoms with E-state index in [9.17, 15) is 14.7 Å². The third-order valence-electron chi connectivity index (χ3n) is 3.59. The number of aliphatic hydroxyl groups is 1. The fourth-order valence-electron chi connectivity index (χ4n) is 2.16. The molecule has 1 aromatic rings. The molecule has 1 atom stereocenters. The Bertz CT molecular complexity index is 571. The van der Waals surface area contributed by atoms with E-state index in [1.165, 1.54) is 12.1 Å². The Morgan fingerprint density at radius 3 is 2.62 bits per heavy atom. The molecule has 6 heteroatoms. The second-order valence-electron chi connectivity index (χ2n) is 5.27. The molecule has 2 rings (SSSR count). The molecule has 0 spiro atoms. The van der Waals surface area contributed by atoms with Gasteiger partial charge in [0, 0.05) is 19.9 Å². The molecule has 2 N–H and O–H groups in total. The van der Waals surface area contributed by atoms with Crippen molar-refractivity contribution in [2.24, 2.45) is 5.10 Å². The highest BCUT2D eigenvalue weighted by Gasteiger charge is 2.31. The molecular formula is C15H19N3O3. The van der Waals surface area contributed by atoms with Crippen LogP contribution in [0.1, 0.15) is 25.3 Å². The second kappa shape index (κ2) is 6.05. The Hall–Kier alpha value is -2.21. The largest absolute Gasteiger partial charge is 0.394 e. The first-order valence-corrected chi connectivity index (χ1v) is 6.79. The number of hydrogen-bond acceptors (Lipinski definition) is 4. The quantitative estimate of drug-likeness (QED) is 0.852. The van der Waals surface area contributed by atoms with Crippen molar-refractivity contribution in [3.63, 3.8) is 0 Å². The lowest BCUT2D eigenvalue weighted by Crippen LogP contribution is -2.50. The molecule has 21 heavy (non-hydrogen) atoms. The van der Waals surface area contributed by atoms with Crippen molar-refractivity contribution < 1.29 is 14.7 Å². The minimum absolute atomic E-state index is 0.112. The summed E-state index contributed by atoms with van der Waals surface area (Å²) in [5.41, 5.74) is 0.218. The summed E-state index contributed by atoms with van der Waals surface area (Å²) < 4.78 is 0. The van der Waals surface area contributed by atoms with E-state index in [2.05, 4.69) is 10.4 Å². The number of hydrazone groups is 1. The molecule has 1 aliphatic heterocycles. The summed E-state index contributed by atoms with van der Waals surface area (Å²) >= 11 is 0. The minimum Gasteiger partial charge on any atom is -0.394 e. The van der Waals surface area contributed by atoms with Crippen molar-refractivity contribution in [3.8, 4) is 0 Å². The lowest BCUT2D eigenvalue weighted by molar-refractivity contribution is -0.130. The first-order valence-electron chi connectivity index (χ1n) is 6.79. The Kier molecular flexibility index (Phi) is 4.37. The predicted octanol–water partition coefficient (Wildman–Crippen LogP) is 0.618. The van der Waals surface area contributed by atoms with E-state index in [-0.39, 0.29) is 24.8 Å². The maximum Gasteiger partial charge on any atom is 0.268 e. The molecule has 1 heterocycles. The molecule has 1 unspecified atom stereocenters. The highest BCUT2D eigenvalue weighted by atomic mass is 16.3. The maximum atomic E-state index is 12.3. The molecule has 1 aliphatic rings. The number of benzene rings is 1. The van der Waals surface area contributed by atoms with Gasteiger partial charge in [0.15, 0.2) is 0 Å².